The number of ether oxygens (including phenoxy) is 5. The summed E-state index contributed by atoms with van der Waals surface area (Å²) in [5.74, 6) is 0.789. The second kappa shape index (κ2) is 15.5. The first kappa shape index (κ1) is 28.0. The lowest BCUT2D eigenvalue weighted by molar-refractivity contribution is -0.119. The van der Waals surface area contributed by atoms with Gasteiger partial charge in [-0.1, -0.05) is 6.07 Å². The Balaban J connectivity index is 1.68. The number of aromatic nitrogens is 2. The van der Waals surface area contributed by atoms with Gasteiger partial charge in [-0.15, -0.1) is 0 Å². The molecule has 3 rings (SSSR count). The fourth-order valence-corrected chi connectivity index (χ4v) is 3.76. The Kier molecular flexibility index (Phi) is 12.1. The van der Waals surface area contributed by atoms with Gasteiger partial charge in [0.2, 0.25) is 5.91 Å². The number of carbonyl (C=O) groups excluding carboxylic acids is 1. The first-order valence-electron chi connectivity index (χ1n) is 11.6. The van der Waals surface area contributed by atoms with E-state index in [9.17, 15) is 4.79 Å². The molecule has 0 spiro atoms. The molecule has 2 aromatic carbocycles. The summed E-state index contributed by atoms with van der Waals surface area (Å²) < 4.78 is 28.2. The third-order valence-electron chi connectivity index (χ3n) is 4.81. The van der Waals surface area contributed by atoms with Crippen molar-refractivity contribution in [1.82, 2.24) is 9.97 Å². The molecular weight excluding hydrogens is 579 g/mol. The van der Waals surface area contributed by atoms with Gasteiger partial charge in [0.25, 0.3) is 0 Å². The average Bonchev–Trinajstić information content (AvgIpc) is 2.86. The van der Waals surface area contributed by atoms with Gasteiger partial charge >= 0.3 is 0 Å². The standard InChI is InChI=1S/C25H31IN4O6/c1-3-33-7-8-34-9-10-35-11-12-36-23-15-21-20(14-22(23)30-24(31)16-32-2)25(28-17-27-21)29-19-6-4-5-18(26)13-19/h4-6,13-15,17H,3,7-12,16H2,1-2H3,(H,30,31)(H,27,28,29). The highest BCUT2D eigenvalue weighted by molar-refractivity contribution is 14.1. The van der Waals surface area contributed by atoms with E-state index in [1.54, 1.807) is 12.1 Å². The molecule has 0 aliphatic heterocycles. The number of carbonyl (C=O) groups is 1. The number of hydrogen-bond donors (Lipinski definition) is 2. The Morgan fingerprint density at radius 3 is 2.44 bits per heavy atom. The highest BCUT2D eigenvalue weighted by Crippen LogP contribution is 2.33. The van der Waals surface area contributed by atoms with Crippen LogP contribution in [-0.2, 0) is 23.7 Å². The minimum Gasteiger partial charge on any atom is -0.489 e. The first-order chi connectivity index (χ1) is 17.6. The number of halogens is 1. The maximum Gasteiger partial charge on any atom is 0.250 e. The molecule has 36 heavy (non-hydrogen) atoms. The SMILES string of the molecule is CCOCCOCCOCCOc1cc2ncnc(Nc3cccc(I)c3)c2cc1NC(=O)COC. The van der Waals surface area contributed by atoms with Gasteiger partial charge < -0.3 is 34.3 Å². The minimum absolute atomic E-state index is 0.0806. The summed E-state index contributed by atoms with van der Waals surface area (Å²) in [6, 6.07) is 11.5. The van der Waals surface area contributed by atoms with E-state index in [0.717, 1.165) is 14.6 Å². The lowest BCUT2D eigenvalue weighted by Gasteiger charge is -2.15. The zero-order valence-corrected chi connectivity index (χ0v) is 22.6. The smallest absolute Gasteiger partial charge is 0.250 e. The van der Waals surface area contributed by atoms with E-state index in [2.05, 4.69) is 43.2 Å². The Morgan fingerprint density at radius 1 is 0.972 bits per heavy atom. The molecule has 0 fully saturated rings. The van der Waals surface area contributed by atoms with Crippen LogP contribution in [0.15, 0.2) is 42.7 Å². The van der Waals surface area contributed by atoms with Crippen LogP contribution in [0, 0.1) is 3.57 Å². The molecule has 0 unspecified atom stereocenters. The minimum atomic E-state index is -0.300. The Labute approximate surface area is 224 Å². The molecule has 11 heteroatoms. The zero-order chi connectivity index (χ0) is 25.6. The maximum absolute atomic E-state index is 12.3. The van der Waals surface area contributed by atoms with Crippen molar-refractivity contribution in [3.05, 3.63) is 46.3 Å². The summed E-state index contributed by atoms with van der Waals surface area (Å²) in [6.45, 7) is 5.24. The van der Waals surface area contributed by atoms with Gasteiger partial charge in [-0.05, 0) is 53.8 Å². The van der Waals surface area contributed by atoms with Gasteiger partial charge in [0.05, 0.1) is 44.2 Å². The predicted octanol–water partition coefficient (Wildman–Crippen LogP) is 4.01. The van der Waals surface area contributed by atoms with Gasteiger partial charge in [0.15, 0.2) is 0 Å². The van der Waals surface area contributed by atoms with Gasteiger partial charge in [0, 0.05) is 34.4 Å². The van der Waals surface area contributed by atoms with Crippen LogP contribution in [0.5, 0.6) is 5.75 Å². The number of nitrogens with one attached hydrogen (secondary N) is 2. The average molecular weight is 610 g/mol. The molecule has 1 aromatic heterocycles. The lowest BCUT2D eigenvalue weighted by Crippen LogP contribution is -2.18. The van der Waals surface area contributed by atoms with Gasteiger partial charge in [0.1, 0.15) is 31.1 Å². The summed E-state index contributed by atoms with van der Waals surface area (Å²) >= 11 is 2.26. The number of fused-ring (bicyclic) bond motifs is 1. The number of amides is 1. The normalized spacial score (nSPS) is 11.0. The summed E-state index contributed by atoms with van der Waals surface area (Å²) in [4.78, 5) is 21.1. The quantitative estimate of drug-likeness (QED) is 0.184. The van der Waals surface area contributed by atoms with Gasteiger partial charge in [-0.25, -0.2) is 9.97 Å². The molecule has 3 aromatic rings. The highest BCUT2D eigenvalue weighted by atomic mass is 127. The van der Waals surface area contributed by atoms with E-state index >= 15 is 0 Å². The second-order valence-electron chi connectivity index (χ2n) is 7.47. The summed E-state index contributed by atoms with van der Waals surface area (Å²) in [5.41, 5.74) is 2.05. The summed E-state index contributed by atoms with van der Waals surface area (Å²) in [7, 11) is 1.46. The van der Waals surface area contributed by atoms with Gasteiger partial charge in [-0.2, -0.15) is 0 Å². The molecule has 10 nitrogen and oxygen atoms in total. The molecule has 0 saturated heterocycles. The predicted molar refractivity (Wildman–Crippen MR) is 146 cm³/mol. The number of benzene rings is 2. The monoisotopic (exact) mass is 610 g/mol. The molecule has 0 bridgehead atoms. The van der Waals surface area contributed by atoms with Crippen LogP contribution in [0.4, 0.5) is 17.2 Å². The van der Waals surface area contributed by atoms with Gasteiger partial charge in [-0.3, -0.25) is 4.79 Å². The van der Waals surface area contributed by atoms with E-state index in [1.807, 2.05) is 31.2 Å². The maximum atomic E-state index is 12.3. The molecule has 194 valence electrons. The second-order valence-corrected chi connectivity index (χ2v) is 8.72. The number of anilines is 3. The molecule has 0 atom stereocenters. The first-order valence-corrected chi connectivity index (χ1v) is 12.6. The molecule has 1 heterocycles. The van der Waals surface area contributed by atoms with Crippen molar-refractivity contribution in [1.29, 1.82) is 0 Å². The van der Waals surface area contributed by atoms with E-state index in [4.69, 9.17) is 23.7 Å². The topological polar surface area (TPSA) is 113 Å². The number of rotatable bonds is 16. The van der Waals surface area contributed by atoms with Crippen molar-refractivity contribution < 1.29 is 28.5 Å². The van der Waals surface area contributed by atoms with Crippen molar-refractivity contribution in [3.63, 3.8) is 0 Å². The van der Waals surface area contributed by atoms with Crippen molar-refractivity contribution in [2.24, 2.45) is 0 Å². The molecular formula is C25H31IN4O6. The summed E-state index contributed by atoms with van der Waals surface area (Å²) in [6.07, 6.45) is 1.49. The van der Waals surface area contributed by atoms with Crippen LogP contribution in [0.3, 0.4) is 0 Å². The van der Waals surface area contributed by atoms with Crippen LogP contribution in [0.2, 0.25) is 0 Å². The summed E-state index contributed by atoms with van der Waals surface area (Å²) in [5, 5.41) is 6.90. The Morgan fingerprint density at radius 2 is 1.72 bits per heavy atom. The third kappa shape index (κ3) is 9.13. The number of nitrogens with zero attached hydrogens (tertiary/aromatic N) is 2. The van der Waals surface area contributed by atoms with Crippen molar-refractivity contribution in [2.75, 3.05) is 70.6 Å². The third-order valence-corrected chi connectivity index (χ3v) is 5.48. The Bertz CT molecular complexity index is 1120. The van der Waals surface area contributed by atoms with Crippen LogP contribution < -0.4 is 15.4 Å². The van der Waals surface area contributed by atoms with E-state index in [-0.39, 0.29) is 19.1 Å². The van der Waals surface area contributed by atoms with Crippen molar-refractivity contribution in [3.8, 4) is 5.75 Å². The number of hydrogen-bond acceptors (Lipinski definition) is 9. The molecule has 0 aliphatic rings. The van der Waals surface area contributed by atoms with Crippen LogP contribution in [0.25, 0.3) is 10.9 Å². The van der Waals surface area contributed by atoms with Crippen molar-refractivity contribution in [2.45, 2.75) is 6.92 Å². The largest absolute Gasteiger partial charge is 0.489 e. The molecule has 0 saturated carbocycles. The molecule has 0 aliphatic carbocycles. The fourth-order valence-electron chi connectivity index (χ4n) is 3.22. The zero-order valence-electron chi connectivity index (χ0n) is 20.4. The molecule has 2 N–H and O–H groups in total. The van der Waals surface area contributed by atoms with Crippen LogP contribution >= 0.6 is 22.6 Å². The Hall–Kier alpha value is -2.58. The van der Waals surface area contributed by atoms with Crippen LogP contribution in [0.1, 0.15) is 6.92 Å². The van der Waals surface area contributed by atoms with E-state index in [1.165, 1.54) is 13.4 Å². The van der Waals surface area contributed by atoms with Crippen LogP contribution in [-0.4, -0.2) is 75.8 Å². The fraction of sp³-hybridized carbons (Fsp3) is 0.400. The van der Waals surface area contributed by atoms with E-state index in [0.29, 0.717) is 62.4 Å². The van der Waals surface area contributed by atoms with E-state index < -0.39 is 0 Å². The molecule has 0 radical (unpaired) electrons. The molecule has 1 amide bonds. The lowest BCUT2D eigenvalue weighted by atomic mass is 10.2. The van der Waals surface area contributed by atoms with Crippen molar-refractivity contribution >= 4 is 56.6 Å². The highest BCUT2D eigenvalue weighted by Gasteiger charge is 2.14. The number of methoxy groups -OCH3 is 1.